The van der Waals surface area contributed by atoms with Crippen molar-refractivity contribution in [3.63, 3.8) is 0 Å². The molecule has 1 aromatic carbocycles. The fourth-order valence-electron chi connectivity index (χ4n) is 2.03. The van der Waals surface area contributed by atoms with Gasteiger partial charge in [0.2, 0.25) is 0 Å². The lowest BCUT2D eigenvalue weighted by molar-refractivity contribution is 0.0733. The van der Waals surface area contributed by atoms with Crippen LogP contribution in [-0.2, 0) is 0 Å². The number of para-hydroxylation sites is 1. The number of rotatable bonds is 3. The summed E-state index contributed by atoms with van der Waals surface area (Å²) in [5, 5.41) is 20.7. The number of hydrogen-bond donors (Lipinski definition) is 1. The highest BCUT2D eigenvalue weighted by atomic mass is 16.3. The van der Waals surface area contributed by atoms with Crippen LogP contribution < -0.4 is 0 Å². The SMILES string of the molecule is CCC(C)(C#N)C(O)c1cccc2cccnc12. The van der Waals surface area contributed by atoms with E-state index >= 15 is 0 Å². The molecule has 2 rings (SSSR count). The second-order valence-electron chi connectivity index (χ2n) is 4.71. The lowest BCUT2D eigenvalue weighted by atomic mass is 9.79. The highest BCUT2D eigenvalue weighted by molar-refractivity contribution is 5.82. The first-order chi connectivity index (χ1) is 8.62. The third kappa shape index (κ3) is 1.96. The molecule has 2 atom stereocenters. The molecule has 3 nitrogen and oxygen atoms in total. The molecule has 0 aliphatic carbocycles. The molecule has 0 amide bonds. The molecule has 0 aliphatic heterocycles. The van der Waals surface area contributed by atoms with Gasteiger partial charge in [0, 0.05) is 17.1 Å². The number of aromatic nitrogens is 1. The van der Waals surface area contributed by atoms with E-state index in [0.29, 0.717) is 6.42 Å². The normalized spacial score (nSPS) is 15.9. The molecule has 0 saturated heterocycles. The van der Waals surface area contributed by atoms with Crippen LogP contribution in [0.25, 0.3) is 10.9 Å². The highest BCUT2D eigenvalue weighted by Crippen LogP contribution is 2.38. The summed E-state index contributed by atoms with van der Waals surface area (Å²) in [5.41, 5.74) is 0.702. The molecule has 3 heteroatoms. The van der Waals surface area contributed by atoms with Crippen LogP contribution in [0, 0.1) is 16.7 Å². The summed E-state index contributed by atoms with van der Waals surface area (Å²) < 4.78 is 0. The molecule has 2 aromatic rings. The fraction of sp³-hybridized carbons (Fsp3) is 0.333. The summed E-state index contributed by atoms with van der Waals surface area (Å²) in [7, 11) is 0. The van der Waals surface area contributed by atoms with E-state index in [2.05, 4.69) is 11.1 Å². The van der Waals surface area contributed by atoms with E-state index in [9.17, 15) is 10.4 Å². The van der Waals surface area contributed by atoms with Crippen molar-refractivity contribution >= 4 is 10.9 Å². The van der Waals surface area contributed by atoms with Crippen molar-refractivity contribution in [3.8, 4) is 6.07 Å². The van der Waals surface area contributed by atoms with Gasteiger partial charge in [-0.2, -0.15) is 5.26 Å². The zero-order chi connectivity index (χ0) is 13.2. The minimum Gasteiger partial charge on any atom is -0.387 e. The third-order valence-electron chi connectivity index (χ3n) is 3.55. The third-order valence-corrected chi connectivity index (χ3v) is 3.55. The molecule has 0 fully saturated rings. The number of aliphatic hydroxyl groups excluding tert-OH is 1. The Balaban J connectivity index is 2.59. The maximum atomic E-state index is 10.5. The van der Waals surface area contributed by atoms with Crippen molar-refractivity contribution in [2.24, 2.45) is 5.41 Å². The van der Waals surface area contributed by atoms with Crippen molar-refractivity contribution in [2.45, 2.75) is 26.4 Å². The molecule has 18 heavy (non-hydrogen) atoms. The van der Waals surface area contributed by atoms with E-state index in [1.54, 1.807) is 13.1 Å². The standard InChI is InChI=1S/C15H16N2O/c1-3-15(2,10-16)14(18)12-8-4-6-11-7-5-9-17-13(11)12/h4-9,14,18H,3H2,1-2H3. The number of aliphatic hydroxyl groups is 1. The van der Waals surface area contributed by atoms with Gasteiger partial charge < -0.3 is 5.11 Å². The summed E-state index contributed by atoms with van der Waals surface area (Å²) in [5.74, 6) is 0. The molecular weight excluding hydrogens is 224 g/mol. The van der Waals surface area contributed by atoms with Crippen LogP contribution in [0.4, 0.5) is 0 Å². The molecule has 92 valence electrons. The van der Waals surface area contributed by atoms with E-state index in [-0.39, 0.29) is 0 Å². The molecule has 1 heterocycles. The van der Waals surface area contributed by atoms with Gasteiger partial charge in [-0.05, 0) is 19.4 Å². The van der Waals surface area contributed by atoms with Crippen molar-refractivity contribution in [1.29, 1.82) is 5.26 Å². The van der Waals surface area contributed by atoms with E-state index in [1.165, 1.54) is 0 Å². The smallest absolute Gasteiger partial charge is 0.0994 e. The highest BCUT2D eigenvalue weighted by Gasteiger charge is 2.33. The zero-order valence-electron chi connectivity index (χ0n) is 10.6. The van der Waals surface area contributed by atoms with Crippen LogP contribution in [0.15, 0.2) is 36.5 Å². The molecule has 1 aromatic heterocycles. The minimum absolute atomic E-state index is 0.591. The Bertz CT molecular complexity index is 597. The summed E-state index contributed by atoms with van der Waals surface area (Å²) >= 11 is 0. The van der Waals surface area contributed by atoms with E-state index < -0.39 is 11.5 Å². The summed E-state index contributed by atoms with van der Waals surface area (Å²) in [6.07, 6.45) is 1.47. The molecular formula is C15H16N2O. The Kier molecular flexibility index (Phi) is 3.31. The fourth-order valence-corrected chi connectivity index (χ4v) is 2.03. The summed E-state index contributed by atoms with van der Waals surface area (Å²) in [4.78, 5) is 4.31. The molecule has 0 spiro atoms. The minimum atomic E-state index is -0.828. The van der Waals surface area contributed by atoms with Crippen LogP contribution in [0.3, 0.4) is 0 Å². The van der Waals surface area contributed by atoms with Gasteiger partial charge >= 0.3 is 0 Å². The van der Waals surface area contributed by atoms with Crippen LogP contribution >= 0.6 is 0 Å². The summed E-state index contributed by atoms with van der Waals surface area (Å²) in [6.45, 7) is 3.68. The van der Waals surface area contributed by atoms with Gasteiger partial charge in [0.15, 0.2) is 0 Å². The van der Waals surface area contributed by atoms with Gasteiger partial charge in [0.1, 0.15) is 0 Å². The average molecular weight is 240 g/mol. The van der Waals surface area contributed by atoms with Crippen LogP contribution in [0.2, 0.25) is 0 Å². The van der Waals surface area contributed by atoms with Crippen LogP contribution in [-0.4, -0.2) is 10.1 Å². The maximum Gasteiger partial charge on any atom is 0.0994 e. The molecule has 1 N–H and O–H groups in total. The topological polar surface area (TPSA) is 56.9 Å². The lowest BCUT2D eigenvalue weighted by Gasteiger charge is -2.27. The number of nitrogens with zero attached hydrogens (tertiary/aromatic N) is 2. The van der Waals surface area contributed by atoms with E-state index in [0.717, 1.165) is 16.5 Å². The van der Waals surface area contributed by atoms with Crippen molar-refractivity contribution in [2.75, 3.05) is 0 Å². The number of nitriles is 1. The predicted octanol–water partition coefficient (Wildman–Crippen LogP) is 3.21. The van der Waals surface area contributed by atoms with Crippen molar-refractivity contribution < 1.29 is 5.11 Å². The quantitative estimate of drug-likeness (QED) is 0.896. The Morgan fingerprint density at radius 3 is 2.78 bits per heavy atom. The van der Waals surface area contributed by atoms with Gasteiger partial charge in [-0.1, -0.05) is 31.2 Å². The van der Waals surface area contributed by atoms with Gasteiger partial charge in [-0.25, -0.2) is 0 Å². The predicted molar refractivity (Wildman–Crippen MR) is 70.7 cm³/mol. The second-order valence-corrected chi connectivity index (χ2v) is 4.71. The number of hydrogen-bond acceptors (Lipinski definition) is 3. The zero-order valence-corrected chi connectivity index (χ0v) is 10.6. The molecule has 0 aliphatic rings. The molecule has 0 bridgehead atoms. The average Bonchev–Trinajstić information content (AvgIpc) is 2.45. The first kappa shape index (κ1) is 12.5. The summed E-state index contributed by atoms with van der Waals surface area (Å²) in [6, 6.07) is 11.7. The monoisotopic (exact) mass is 240 g/mol. The molecule has 2 unspecified atom stereocenters. The molecule has 0 saturated carbocycles. The largest absolute Gasteiger partial charge is 0.387 e. The second kappa shape index (κ2) is 4.75. The Hall–Kier alpha value is -1.92. The van der Waals surface area contributed by atoms with E-state index in [4.69, 9.17) is 0 Å². The van der Waals surface area contributed by atoms with E-state index in [1.807, 2.05) is 37.3 Å². The Labute approximate surface area is 107 Å². The number of benzene rings is 1. The number of fused-ring (bicyclic) bond motifs is 1. The first-order valence-electron chi connectivity index (χ1n) is 6.05. The van der Waals surface area contributed by atoms with Crippen molar-refractivity contribution in [1.82, 2.24) is 4.98 Å². The van der Waals surface area contributed by atoms with Gasteiger partial charge in [0.25, 0.3) is 0 Å². The maximum absolute atomic E-state index is 10.5. The lowest BCUT2D eigenvalue weighted by Crippen LogP contribution is -2.23. The van der Waals surface area contributed by atoms with Crippen molar-refractivity contribution in [3.05, 3.63) is 42.1 Å². The molecule has 0 radical (unpaired) electrons. The van der Waals surface area contributed by atoms with Gasteiger partial charge in [0.05, 0.1) is 23.1 Å². The van der Waals surface area contributed by atoms with Crippen LogP contribution in [0.5, 0.6) is 0 Å². The number of pyridine rings is 1. The Morgan fingerprint density at radius 1 is 1.39 bits per heavy atom. The van der Waals surface area contributed by atoms with Gasteiger partial charge in [-0.15, -0.1) is 0 Å². The van der Waals surface area contributed by atoms with Gasteiger partial charge in [-0.3, -0.25) is 4.98 Å². The first-order valence-corrected chi connectivity index (χ1v) is 6.05. The Morgan fingerprint density at radius 2 is 2.11 bits per heavy atom. The van der Waals surface area contributed by atoms with Crippen LogP contribution in [0.1, 0.15) is 31.9 Å².